The first-order valence-corrected chi connectivity index (χ1v) is 26.2. The van der Waals surface area contributed by atoms with Crippen LogP contribution in [-0.2, 0) is 37.3 Å². The van der Waals surface area contributed by atoms with Crippen molar-refractivity contribution in [3.05, 3.63) is 180 Å². The molecular weight excluding hydrogens is 1050 g/mol. The molecule has 1 N–H and O–H groups in total. The maximum absolute atomic E-state index is 13.7. The molecular formula is C54H63IN7O9P. The molecule has 1 aliphatic rings. The summed E-state index contributed by atoms with van der Waals surface area (Å²) in [6.07, 6.45) is 5.67. The quantitative estimate of drug-likeness (QED) is 0.0189. The molecule has 1 saturated heterocycles. The number of aryl methyl sites for hydroxylation is 2. The highest BCUT2D eigenvalue weighted by Crippen LogP contribution is 2.52. The van der Waals surface area contributed by atoms with Gasteiger partial charge in [-0.25, -0.2) is 9.46 Å². The zero-order valence-electron chi connectivity index (χ0n) is 41.7. The molecule has 1 aliphatic heterocycles. The molecule has 0 radical (unpaired) electrons. The van der Waals surface area contributed by atoms with E-state index in [1.807, 2.05) is 109 Å². The van der Waals surface area contributed by atoms with Gasteiger partial charge in [-0.05, 0) is 135 Å². The highest BCUT2D eigenvalue weighted by molar-refractivity contribution is 14.1. The van der Waals surface area contributed by atoms with E-state index in [2.05, 4.69) is 88.5 Å². The molecule has 16 nitrogen and oxygen atoms in total. The number of nitrogens with zero attached hydrogens (tertiary/aromatic N) is 6. The van der Waals surface area contributed by atoms with Crippen molar-refractivity contribution in [2.75, 3.05) is 20.8 Å². The summed E-state index contributed by atoms with van der Waals surface area (Å²) in [6, 6.07) is 35.7. The summed E-state index contributed by atoms with van der Waals surface area (Å²) in [5.74, 6) is 2.11. The lowest BCUT2D eigenvalue weighted by atomic mass is 9.79. The van der Waals surface area contributed by atoms with Crippen LogP contribution in [0.1, 0.15) is 87.6 Å². The Labute approximate surface area is 435 Å². The molecule has 0 aliphatic carbocycles. The Hall–Kier alpha value is -5.71. The average molecular weight is 1110 g/mol. The minimum absolute atomic E-state index is 0.00611. The van der Waals surface area contributed by atoms with Gasteiger partial charge in [-0.1, -0.05) is 72.0 Å². The van der Waals surface area contributed by atoms with Crippen molar-refractivity contribution in [3.63, 3.8) is 0 Å². The van der Waals surface area contributed by atoms with E-state index in [1.54, 1.807) is 25.8 Å². The smallest absolute Gasteiger partial charge is 0.330 e. The van der Waals surface area contributed by atoms with E-state index < -0.39 is 49.9 Å². The summed E-state index contributed by atoms with van der Waals surface area (Å²) in [5, 5.41) is 18.3. The van der Waals surface area contributed by atoms with Crippen LogP contribution < -0.4 is 25.5 Å². The first-order chi connectivity index (χ1) is 34.8. The number of H-pyrrole nitrogens is 1. The molecule has 3 heterocycles. The van der Waals surface area contributed by atoms with Gasteiger partial charge < -0.3 is 32.7 Å². The number of rotatable bonds is 25. The lowest BCUT2D eigenvalue weighted by Gasteiger charge is -2.42. The van der Waals surface area contributed by atoms with Crippen LogP contribution in [-0.4, -0.2) is 80.4 Å². The number of halogens is 1. The van der Waals surface area contributed by atoms with Gasteiger partial charge in [0.05, 0.1) is 51.7 Å². The Bertz CT molecular complexity index is 2780. The Morgan fingerprint density at radius 3 is 2.12 bits per heavy atom. The third kappa shape index (κ3) is 13.5. The van der Waals surface area contributed by atoms with Crippen LogP contribution in [0.4, 0.5) is 0 Å². The molecule has 2 aromatic heterocycles. The molecule has 0 bridgehead atoms. The van der Waals surface area contributed by atoms with Gasteiger partial charge in [0, 0.05) is 40.4 Å². The van der Waals surface area contributed by atoms with Crippen LogP contribution in [0.5, 0.6) is 17.2 Å². The second kappa shape index (κ2) is 25.8. The fourth-order valence-electron chi connectivity index (χ4n) is 8.74. The zero-order chi connectivity index (χ0) is 51.2. The van der Waals surface area contributed by atoms with E-state index in [4.69, 9.17) is 32.7 Å². The van der Waals surface area contributed by atoms with Gasteiger partial charge in [0.25, 0.3) is 14.1 Å². The second-order valence-electron chi connectivity index (χ2n) is 17.8. The molecule has 72 heavy (non-hydrogen) atoms. The highest BCUT2D eigenvalue weighted by atomic mass is 127. The topological polar surface area (TPSA) is 177 Å². The SMILES string of the molecule is COc1ccc(C(OC(C/C=C/CCn2cc(COc3ccc(I)cc3)nn2)[C@H]2O[C@@H](n3cc(C)c(=O)[nH]c3=O)C[C@@H]2OP(OCCC#N)N(C(C)C)C(C)C)(c2ccccc2)c2ccc(OC)cc2)cc1. The third-order valence-electron chi connectivity index (χ3n) is 12.2. The number of hydrogen-bond donors (Lipinski definition) is 1. The molecule has 1 fully saturated rings. The molecule has 7 rings (SSSR count). The maximum Gasteiger partial charge on any atom is 0.330 e. The van der Waals surface area contributed by atoms with Crippen molar-refractivity contribution in [1.82, 2.24) is 29.2 Å². The lowest BCUT2D eigenvalue weighted by molar-refractivity contribution is -0.141. The monoisotopic (exact) mass is 1110 g/mol. The maximum atomic E-state index is 13.7. The van der Waals surface area contributed by atoms with E-state index in [0.717, 1.165) is 26.0 Å². The number of aromatic amines is 1. The van der Waals surface area contributed by atoms with E-state index >= 15 is 0 Å². The zero-order valence-corrected chi connectivity index (χ0v) is 44.8. The van der Waals surface area contributed by atoms with E-state index in [9.17, 15) is 14.9 Å². The summed E-state index contributed by atoms with van der Waals surface area (Å²) >= 11 is 2.26. The van der Waals surface area contributed by atoms with Crippen molar-refractivity contribution in [2.45, 2.75) is 116 Å². The van der Waals surface area contributed by atoms with Gasteiger partial charge in [0.2, 0.25) is 0 Å². The van der Waals surface area contributed by atoms with E-state index in [1.165, 1.54) is 10.8 Å². The van der Waals surface area contributed by atoms with Gasteiger partial charge in [-0.3, -0.25) is 19.0 Å². The largest absolute Gasteiger partial charge is 0.497 e. The van der Waals surface area contributed by atoms with Gasteiger partial charge in [-0.15, -0.1) is 5.10 Å². The van der Waals surface area contributed by atoms with Gasteiger partial charge in [0.1, 0.15) is 47.5 Å². The van der Waals surface area contributed by atoms with Crippen LogP contribution >= 0.6 is 31.1 Å². The van der Waals surface area contributed by atoms with Crippen LogP contribution in [0.2, 0.25) is 0 Å². The molecule has 0 saturated carbocycles. The van der Waals surface area contributed by atoms with Crippen LogP contribution in [0.25, 0.3) is 0 Å². The molecule has 5 atom stereocenters. The van der Waals surface area contributed by atoms with Crippen LogP contribution in [0.15, 0.2) is 137 Å². The Kier molecular flexibility index (Phi) is 19.4. The number of nitrogens with one attached hydrogen (secondary N) is 1. The summed E-state index contributed by atoms with van der Waals surface area (Å²) in [6.45, 7) is 10.9. The van der Waals surface area contributed by atoms with Gasteiger partial charge >= 0.3 is 5.69 Å². The van der Waals surface area contributed by atoms with Crippen LogP contribution in [0.3, 0.4) is 0 Å². The number of aromatic nitrogens is 5. The second-order valence-corrected chi connectivity index (χ2v) is 20.5. The van der Waals surface area contributed by atoms with E-state index in [0.29, 0.717) is 42.1 Å². The Balaban J connectivity index is 1.31. The predicted octanol–water partition coefficient (Wildman–Crippen LogP) is 10.00. The van der Waals surface area contributed by atoms with Gasteiger partial charge in [0.15, 0.2) is 0 Å². The summed E-state index contributed by atoms with van der Waals surface area (Å²) in [7, 11) is 1.47. The molecule has 4 aromatic carbocycles. The number of benzene rings is 4. The van der Waals surface area contributed by atoms with Crippen molar-refractivity contribution < 1.29 is 32.7 Å². The highest BCUT2D eigenvalue weighted by Gasteiger charge is 2.49. The minimum Gasteiger partial charge on any atom is -0.497 e. The van der Waals surface area contributed by atoms with Crippen molar-refractivity contribution in [1.29, 1.82) is 5.26 Å². The summed E-state index contributed by atoms with van der Waals surface area (Å²) < 4.78 is 52.4. The summed E-state index contributed by atoms with van der Waals surface area (Å²) in [5.41, 5.74) is 1.16. The molecule has 380 valence electrons. The Morgan fingerprint density at radius 1 is 0.889 bits per heavy atom. The Morgan fingerprint density at radius 2 is 1.51 bits per heavy atom. The molecule has 6 aromatic rings. The van der Waals surface area contributed by atoms with E-state index in [-0.39, 0.29) is 38.1 Å². The fourth-order valence-corrected chi connectivity index (χ4v) is 10.8. The van der Waals surface area contributed by atoms with Crippen LogP contribution in [0, 0.1) is 21.8 Å². The lowest BCUT2D eigenvalue weighted by Crippen LogP contribution is -2.45. The molecule has 2 unspecified atom stereocenters. The molecule has 0 spiro atoms. The molecule has 18 heteroatoms. The fraction of sp³-hybridized carbons (Fsp3) is 0.389. The van der Waals surface area contributed by atoms with Crippen molar-refractivity contribution in [2.24, 2.45) is 0 Å². The summed E-state index contributed by atoms with van der Waals surface area (Å²) in [4.78, 5) is 28.8. The first kappa shape index (κ1) is 54.1. The molecule has 0 amide bonds. The first-order valence-electron chi connectivity index (χ1n) is 24.0. The number of ether oxygens (including phenoxy) is 5. The third-order valence-corrected chi connectivity index (χ3v) is 15.0. The minimum atomic E-state index is -1.79. The predicted molar refractivity (Wildman–Crippen MR) is 284 cm³/mol. The van der Waals surface area contributed by atoms with Crippen molar-refractivity contribution in [3.8, 4) is 23.3 Å². The van der Waals surface area contributed by atoms with Crippen molar-refractivity contribution >= 4 is 31.1 Å². The number of methoxy groups -OCH3 is 2. The van der Waals surface area contributed by atoms with Gasteiger partial charge in [-0.2, -0.15) is 5.26 Å². The average Bonchev–Trinajstić information content (AvgIpc) is 4.03. The number of allylic oxidation sites excluding steroid dienone is 1. The standard InChI is InChI=1S/C54H63IN7O9P/c1-37(2)62(38(3)4)72(68-32-14-30-56)71-49-33-50(61-34-39(5)52(63)57-53(61)64)69-51(49)48(17-12-9-13-31-60-35-44(58-59-60)36-67-47-28-22-43(55)23-29-47)70-54(40-15-10-8-11-16-40,41-18-24-45(65-6)25-19-41)42-20-26-46(66-7)27-21-42/h8-12,15-16,18-29,34-35,37-38,48-51H,13-14,17,31-33,36H2,1-7H3,(H,57,63,64)/b12-9+/t48?,49-,50+,51+,72?/m0/s1. The number of nitriles is 1. The normalized spacial score (nSPS) is 16.9. The number of hydrogen-bond acceptors (Lipinski definition) is 13.